The lowest BCUT2D eigenvalue weighted by molar-refractivity contribution is 0.104. The molecule has 0 unspecified atom stereocenters. The molecule has 0 aliphatic heterocycles. The van der Waals surface area contributed by atoms with Gasteiger partial charge in [0.1, 0.15) is 28.4 Å². The first-order valence-corrected chi connectivity index (χ1v) is 14.6. The minimum atomic E-state index is -0.583. The molecule has 1 aliphatic carbocycles. The largest absolute Gasteiger partial charge is 0.507 e. The predicted octanol–water partition coefficient (Wildman–Crippen LogP) is 9.22. The van der Waals surface area contributed by atoms with Crippen LogP contribution in [-0.2, 0) is 0 Å². The first-order chi connectivity index (χ1) is 21.0. The summed E-state index contributed by atoms with van der Waals surface area (Å²) in [5, 5.41) is 28.0. The van der Waals surface area contributed by atoms with E-state index in [1.54, 1.807) is 24.3 Å². The number of phenolic OH excluding ortho intramolecular Hbond substituents is 2. The molecule has 0 atom stereocenters. The zero-order valence-corrected chi connectivity index (χ0v) is 25.2. The van der Waals surface area contributed by atoms with Gasteiger partial charge in [-0.25, -0.2) is 4.98 Å². The van der Waals surface area contributed by atoms with Gasteiger partial charge in [-0.3, -0.25) is 4.79 Å². The third-order valence-electron chi connectivity index (χ3n) is 8.18. The number of phenols is 2. The summed E-state index contributed by atoms with van der Waals surface area (Å²) in [7, 11) is 0. The lowest BCUT2D eigenvalue weighted by Gasteiger charge is -2.29. The molecule has 218 valence electrons. The second-order valence-corrected chi connectivity index (χ2v) is 12.4. The number of aromatic nitrogens is 1. The Hall–Kier alpha value is -5.36. The third kappa shape index (κ3) is 4.33. The maximum atomic E-state index is 14.3. The van der Waals surface area contributed by atoms with E-state index >= 15 is 0 Å². The zero-order valence-electron chi connectivity index (χ0n) is 25.2. The highest BCUT2D eigenvalue weighted by atomic mass is 16.5. The number of nitrogens with zero attached hydrogens (tertiary/aromatic N) is 1. The molecule has 6 aromatic rings. The number of pyridine rings is 1. The van der Waals surface area contributed by atoms with Crippen LogP contribution in [0.4, 0.5) is 11.4 Å². The van der Waals surface area contributed by atoms with Gasteiger partial charge in [0, 0.05) is 22.6 Å². The lowest BCUT2D eigenvalue weighted by Crippen LogP contribution is -2.24. The van der Waals surface area contributed by atoms with Gasteiger partial charge in [-0.05, 0) is 85.8 Å². The zero-order chi connectivity index (χ0) is 30.9. The van der Waals surface area contributed by atoms with Crippen molar-refractivity contribution in [3.05, 3.63) is 107 Å². The van der Waals surface area contributed by atoms with E-state index in [-0.39, 0.29) is 17.3 Å². The summed E-state index contributed by atoms with van der Waals surface area (Å²) in [4.78, 5) is 19.5. The molecule has 44 heavy (non-hydrogen) atoms. The fourth-order valence-corrected chi connectivity index (χ4v) is 6.25. The van der Waals surface area contributed by atoms with E-state index in [0.717, 1.165) is 33.0 Å². The molecule has 3 N–H and O–H groups in total. The molecule has 6 heteroatoms. The average Bonchev–Trinajstić information content (AvgIpc) is 2.97. The number of fused-ring (bicyclic) bond motifs is 3. The number of hydrogen-bond acceptors (Lipinski definition) is 6. The van der Waals surface area contributed by atoms with Crippen LogP contribution in [0.15, 0.2) is 84.9 Å². The Kier molecular flexibility index (Phi) is 6.15. The van der Waals surface area contributed by atoms with Crippen LogP contribution < -0.4 is 10.1 Å². The van der Waals surface area contributed by atoms with Gasteiger partial charge in [0.15, 0.2) is 5.78 Å². The highest BCUT2D eigenvalue weighted by Gasteiger charge is 2.34. The molecule has 0 spiro atoms. The Bertz CT molecular complexity index is 2160. The number of aryl methyl sites for hydroxylation is 1. The maximum absolute atomic E-state index is 14.3. The number of benzene rings is 5. The molecule has 0 amide bonds. The summed E-state index contributed by atoms with van der Waals surface area (Å²) in [6, 6.07) is 26.3. The number of ketones is 1. The van der Waals surface area contributed by atoms with Crippen LogP contribution in [0.2, 0.25) is 0 Å². The van der Waals surface area contributed by atoms with Gasteiger partial charge in [-0.15, -0.1) is 0 Å². The van der Waals surface area contributed by atoms with Crippen molar-refractivity contribution in [3.63, 3.8) is 0 Å². The smallest absolute Gasteiger partial charge is 0.196 e. The number of hydrogen-bond donors (Lipinski definition) is 3. The van der Waals surface area contributed by atoms with E-state index in [2.05, 4.69) is 5.32 Å². The highest BCUT2D eigenvalue weighted by molar-refractivity contribution is 6.29. The van der Waals surface area contributed by atoms with Gasteiger partial charge in [-0.2, -0.15) is 0 Å². The van der Waals surface area contributed by atoms with Crippen LogP contribution in [0.3, 0.4) is 0 Å². The highest BCUT2D eigenvalue weighted by Crippen LogP contribution is 2.50. The molecular weight excluding hydrogens is 548 g/mol. The van der Waals surface area contributed by atoms with Gasteiger partial charge in [0.25, 0.3) is 0 Å². The van der Waals surface area contributed by atoms with Gasteiger partial charge in [0.2, 0.25) is 0 Å². The van der Waals surface area contributed by atoms with E-state index < -0.39 is 5.60 Å². The third-order valence-corrected chi connectivity index (χ3v) is 8.18. The van der Waals surface area contributed by atoms with Gasteiger partial charge in [0.05, 0.1) is 22.6 Å². The number of carbonyl (C=O) groups excluding carboxylic acids is 1. The van der Waals surface area contributed by atoms with Crippen molar-refractivity contribution in [2.45, 2.75) is 40.2 Å². The van der Waals surface area contributed by atoms with E-state index in [1.807, 2.05) is 95.3 Å². The number of aromatic hydroxyl groups is 2. The van der Waals surface area contributed by atoms with E-state index in [4.69, 9.17) is 9.72 Å². The summed E-state index contributed by atoms with van der Waals surface area (Å²) in [5.74, 6) is 0.550. The normalized spacial score (nSPS) is 12.4. The predicted molar refractivity (Wildman–Crippen MR) is 176 cm³/mol. The van der Waals surface area contributed by atoms with Gasteiger partial charge < -0.3 is 20.3 Å². The minimum Gasteiger partial charge on any atom is -0.507 e. The van der Waals surface area contributed by atoms with Gasteiger partial charge in [-0.1, -0.05) is 60.7 Å². The van der Waals surface area contributed by atoms with Crippen LogP contribution in [-0.4, -0.2) is 26.6 Å². The van der Waals surface area contributed by atoms with Crippen molar-refractivity contribution < 1.29 is 19.7 Å². The van der Waals surface area contributed by atoms with Gasteiger partial charge >= 0.3 is 0 Å². The van der Waals surface area contributed by atoms with Crippen molar-refractivity contribution in [1.82, 2.24) is 4.98 Å². The molecule has 1 aromatic heterocycles. The number of anilines is 2. The fraction of sp³-hybridized carbons (Fsp3) is 0.158. The summed E-state index contributed by atoms with van der Waals surface area (Å²) >= 11 is 0. The minimum absolute atomic E-state index is 0.0795. The average molecular weight is 581 g/mol. The van der Waals surface area contributed by atoms with Crippen molar-refractivity contribution in [2.24, 2.45) is 0 Å². The Morgan fingerprint density at radius 3 is 2.14 bits per heavy atom. The molecule has 0 bridgehead atoms. The molecule has 5 aromatic carbocycles. The van der Waals surface area contributed by atoms with E-state index in [0.29, 0.717) is 50.4 Å². The standard InChI is InChI=1S/C38H32N2O4/c1-20-11-10-16-28(41)34(20)39-27-19-30(44-38(3,4)5)36-33-31(24-14-8-9-15-25(24)37(43)32(27)33)21(2)35(40-36)26-17-22-12-6-7-13-23(22)18-29(26)42/h6-19,39,41-42H,1-5H3. The second-order valence-electron chi connectivity index (χ2n) is 12.4. The molecule has 0 radical (unpaired) electrons. The van der Waals surface area contributed by atoms with Crippen LogP contribution >= 0.6 is 0 Å². The SMILES string of the molecule is Cc1cccc(O)c1Nc1cc(OC(C)(C)C)c2nc(-c3cc4ccccc4cc3O)c(C)c3c2c1C(=O)c1ccccc1-3. The van der Waals surface area contributed by atoms with Crippen LogP contribution in [0, 0.1) is 13.8 Å². The Morgan fingerprint density at radius 2 is 1.43 bits per heavy atom. The van der Waals surface area contributed by atoms with Crippen LogP contribution in [0.5, 0.6) is 17.2 Å². The van der Waals surface area contributed by atoms with Crippen molar-refractivity contribution in [1.29, 1.82) is 0 Å². The van der Waals surface area contributed by atoms with E-state index in [9.17, 15) is 15.0 Å². The monoisotopic (exact) mass is 580 g/mol. The first kappa shape index (κ1) is 27.5. The lowest BCUT2D eigenvalue weighted by atomic mass is 9.80. The van der Waals surface area contributed by atoms with E-state index in [1.165, 1.54) is 0 Å². The van der Waals surface area contributed by atoms with Crippen molar-refractivity contribution in [3.8, 4) is 39.6 Å². The van der Waals surface area contributed by atoms with Crippen molar-refractivity contribution >= 4 is 38.8 Å². The maximum Gasteiger partial charge on any atom is 0.196 e. The molecule has 0 saturated heterocycles. The van der Waals surface area contributed by atoms with Crippen LogP contribution in [0.25, 0.3) is 44.1 Å². The number of ether oxygens (including phenoxy) is 1. The summed E-state index contributed by atoms with van der Waals surface area (Å²) in [6.45, 7) is 9.77. The number of para-hydroxylation sites is 1. The Morgan fingerprint density at radius 1 is 0.750 bits per heavy atom. The molecule has 1 aliphatic rings. The quantitative estimate of drug-likeness (QED) is 0.180. The first-order valence-electron chi connectivity index (χ1n) is 14.6. The fourth-order valence-electron chi connectivity index (χ4n) is 6.25. The number of nitrogens with one attached hydrogen (secondary N) is 1. The molecule has 0 fully saturated rings. The molecule has 0 saturated carbocycles. The molecular formula is C38H32N2O4. The molecule has 6 nitrogen and oxygen atoms in total. The summed E-state index contributed by atoms with van der Waals surface area (Å²) in [6.07, 6.45) is 0. The van der Waals surface area contributed by atoms with Crippen LogP contribution in [0.1, 0.15) is 47.8 Å². The Labute approximate surface area is 255 Å². The second kappa shape index (κ2) is 9.85. The Balaban J connectivity index is 1.62. The summed E-state index contributed by atoms with van der Waals surface area (Å²) in [5.41, 5.74) is 6.55. The molecule has 1 heterocycles. The topological polar surface area (TPSA) is 91.7 Å². The number of carbonyl (C=O) groups is 1. The summed E-state index contributed by atoms with van der Waals surface area (Å²) < 4.78 is 6.55. The number of rotatable bonds is 4. The van der Waals surface area contributed by atoms with Crippen molar-refractivity contribution in [2.75, 3.05) is 5.32 Å². The molecule has 7 rings (SSSR count).